The lowest BCUT2D eigenvalue weighted by atomic mass is 10.00. The molecule has 0 heterocycles. The Kier molecular flexibility index (Phi) is 6.41. The predicted octanol–water partition coefficient (Wildman–Crippen LogP) is 1.25. The van der Waals surface area contributed by atoms with Crippen molar-refractivity contribution in [3.8, 4) is 0 Å². The number of rotatable bonds is 7. The third-order valence-corrected chi connectivity index (χ3v) is 5.70. The molecule has 0 bridgehead atoms. The second kappa shape index (κ2) is 8.10. The van der Waals surface area contributed by atoms with Gasteiger partial charge in [-0.05, 0) is 37.0 Å². The zero-order valence-electron chi connectivity index (χ0n) is 12.8. The van der Waals surface area contributed by atoms with E-state index < -0.39 is 10.0 Å². The standard InChI is InChI=1S/C15H22ClN3O3S/c16-12-4-2-5-13(10-12)23(21,22)19-8-7-18-15(20)9-11-3-1-6-14(11)17/h2,4-5,10-11,14,19H,1,3,6-9,17H2,(H,18,20)/t11-,14+/m0/s1. The van der Waals surface area contributed by atoms with Crippen molar-refractivity contribution in [2.24, 2.45) is 11.7 Å². The number of nitrogens with one attached hydrogen (secondary N) is 2. The molecule has 1 aliphatic carbocycles. The first kappa shape index (κ1) is 18.2. The quantitative estimate of drug-likeness (QED) is 0.638. The zero-order valence-corrected chi connectivity index (χ0v) is 14.4. The van der Waals surface area contributed by atoms with Gasteiger partial charge in [0.2, 0.25) is 15.9 Å². The molecule has 1 aromatic rings. The molecule has 0 aliphatic heterocycles. The lowest BCUT2D eigenvalue weighted by Gasteiger charge is -2.14. The van der Waals surface area contributed by atoms with Crippen molar-refractivity contribution in [3.63, 3.8) is 0 Å². The first-order valence-electron chi connectivity index (χ1n) is 7.66. The van der Waals surface area contributed by atoms with E-state index in [1.807, 2.05) is 0 Å². The third-order valence-electron chi connectivity index (χ3n) is 4.01. The topological polar surface area (TPSA) is 101 Å². The fraction of sp³-hybridized carbons (Fsp3) is 0.533. The van der Waals surface area contributed by atoms with Crippen molar-refractivity contribution >= 4 is 27.5 Å². The van der Waals surface area contributed by atoms with Crippen LogP contribution in [-0.4, -0.2) is 33.5 Å². The van der Waals surface area contributed by atoms with E-state index in [1.165, 1.54) is 12.1 Å². The average Bonchev–Trinajstić information content (AvgIpc) is 2.89. The lowest BCUT2D eigenvalue weighted by molar-refractivity contribution is -0.122. The molecule has 23 heavy (non-hydrogen) atoms. The van der Waals surface area contributed by atoms with Gasteiger partial charge >= 0.3 is 0 Å². The molecule has 8 heteroatoms. The smallest absolute Gasteiger partial charge is 0.240 e. The van der Waals surface area contributed by atoms with Crippen molar-refractivity contribution in [2.45, 2.75) is 36.6 Å². The summed E-state index contributed by atoms with van der Waals surface area (Å²) in [5.41, 5.74) is 5.93. The Balaban J connectivity index is 1.73. The van der Waals surface area contributed by atoms with Crippen LogP contribution in [0.25, 0.3) is 0 Å². The molecule has 1 amide bonds. The molecule has 1 fully saturated rings. The second-order valence-electron chi connectivity index (χ2n) is 5.76. The van der Waals surface area contributed by atoms with E-state index in [-0.39, 0.29) is 35.9 Å². The summed E-state index contributed by atoms with van der Waals surface area (Å²) >= 11 is 5.79. The molecule has 0 radical (unpaired) electrons. The number of halogens is 1. The number of hydrogen-bond acceptors (Lipinski definition) is 4. The van der Waals surface area contributed by atoms with E-state index in [0.29, 0.717) is 11.4 Å². The maximum absolute atomic E-state index is 12.1. The van der Waals surface area contributed by atoms with Crippen LogP contribution < -0.4 is 15.8 Å². The molecule has 4 N–H and O–H groups in total. The molecule has 1 aromatic carbocycles. The van der Waals surface area contributed by atoms with E-state index >= 15 is 0 Å². The highest BCUT2D eigenvalue weighted by atomic mass is 35.5. The van der Waals surface area contributed by atoms with Gasteiger partial charge in [0, 0.05) is 30.6 Å². The monoisotopic (exact) mass is 359 g/mol. The van der Waals surface area contributed by atoms with Crippen molar-refractivity contribution < 1.29 is 13.2 Å². The van der Waals surface area contributed by atoms with Crippen LogP contribution in [0.15, 0.2) is 29.2 Å². The van der Waals surface area contributed by atoms with Gasteiger partial charge in [-0.25, -0.2) is 13.1 Å². The lowest BCUT2D eigenvalue weighted by Crippen LogP contribution is -2.36. The Morgan fingerprint density at radius 3 is 2.74 bits per heavy atom. The summed E-state index contributed by atoms with van der Waals surface area (Å²) in [5, 5.41) is 3.07. The largest absolute Gasteiger partial charge is 0.355 e. The molecule has 2 rings (SSSR count). The number of carbonyl (C=O) groups excluding carboxylic acids is 1. The minimum absolute atomic E-state index is 0.0886. The zero-order chi connectivity index (χ0) is 16.9. The van der Waals surface area contributed by atoms with E-state index in [4.69, 9.17) is 17.3 Å². The Morgan fingerprint density at radius 1 is 1.30 bits per heavy atom. The minimum atomic E-state index is -3.62. The van der Waals surface area contributed by atoms with Gasteiger partial charge in [-0.15, -0.1) is 0 Å². The van der Waals surface area contributed by atoms with Crippen LogP contribution in [0.2, 0.25) is 5.02 Å². The minimum Gasteiger partial charge on any atom is -0.355 e. The fourth-order valence-corrected chi connectivity index (χ4v) is 4.07. The van der Waals surface area contributed by atoms with Gasteiger partial charge in [-0.3, -0.25) is 4.79 Å². The van der Waals surface area contributed by atoms with Crippen LogP contribution in [0.4, 0.5) is 0 Å². The predicted molar refractivity (Wildman–Crippen MR) is 89.6 cm³/mol. The summed E-state index contributed by atoms with van der Waals surface area (Å²) < 4.78 is 26.5. The van der Waals surface area contributed by atoms with E-state index in [1.54, 1.807) is 12.1 Å². The van der Waals surface area contributed by atoms with E-state index in [2.05, 4.69) is 10.0 Å². The van der Waals surface area contributed by atoms with Crippen LogP contribution in [0, 0.1) is 5.92 Å². The third kappa shape index (κ3) is 5.46. The Morgan fingerprint density at radius 2 is 2.09 bits per heavy atom. The van der Waals surface area contributed by atoms with Crippen LogP contribution in [0.1, 0.15) is 25.7 Å². The maximum atomic E-state index is 12.1. The van der Waals surface area contributed by atoms with Crippen molar-refractivity contribution in [2.75, 3.05) is 13.1 Å². The van der Waals surface area contributed by atoms with Gasteiger partial charge in [0.15, 0.2) is 0 Å². The summed E-state index contributed by atoms with van der Waals surface area (Å²) in [6.45, 7) is 0.359. The van der Waals surface area contributed by atoms with Gasteiger partial charge < -0.3 is 11.1 Å². The van der Waals surface area contributed by atoms with Crippen LogP contribution in [0.3, 0.4) is 0 Å². The summed E-state index contributed by atoms with van der Waals surface area (Å²) in [6, 6.07) is 6.12. The summed E-state index contributed by atoms with van der Waals surface area (Å²) in [5.74, 6) is 0.146. The normalized spacial score (nSPS) is 21.3. The number of amides is 1. The average molecular weight is 360 g/mol. The number of carbonyl (C=O) groups is 1. The molecule has 0 spiro atoms. The number of hydrogen-bond donors (Lipinski definition) is 3. The van der Waals surface area contributed by atoms with Crippen molar-refractivity contribution in [1.82, 2.24) is 10.0 Å². The molecule has 1 saturated carbocycles. The second-order valence-corrected chi connectivity index (χ2v) is 7.97. The van der Waals surface area contributed by atoms with Crippen LogP contribution in [-0.2, 0) is 14.8 Å². The summed E-state index contributed by atoms with van der Waals surface area (Å²) in [7, 11) is -3.62. The Labute approximate surface area is 141 Å². The van der Waals surface area contributed by atoms with Gasteiger partial charge in [0.1, 0.15) is 0 Å². The number of nitrogens with two attached hydrogens (primary N) is 1. The highest BCUT2D eigenvalue weighted by Crippen LogP contribution is 2.26. The SMILES string of the molecule is N[C@@H]1CCC[C@H]1CC(=O)NCCNS(=O)(=O)c1cccc(Cl)c1. The van der Waals surface area contributed by atoms with E-state index in [9.17, 15) is 13.2 Å². The van der Waals surface area contributed by atoms with E-state index in [0.717, 1.165) is 19.3 Å². The number of benzene rings is 1. The molecule has 0 aromatic heterocycles. The van der Waals surface area contributed by atoms with Gasteiger partial charge in [-0.1, -0.05) is 24.1 Å². The molecule has 0 unspecified atom stereocenters. The molecule has 0 saturated heterocycles. The molecule has 2 atom stereocenters. The van der Waals surface area contributed by atoms with Crippen molar-refractivity contribution in [3.05, 3.63) is 29.3 Å². The molecular weight excluding hydrogens is 338 g/mol. The maximum Gasteiger partial charge on any atom is 0.240 e. The fourth-order valence-electron chi connectivity index (χ4n) is 2.73. The first-order valence-corrected chi connectivity index (χ1v) is 9.52. The molecule has 128 valence electrons. The molecule has 6 nitrogen and oxygen atoms in total. The van der Waals surface area contributed by atoms with Gasteiger partial charge in [0.25, 0.3) is 0 Å². The van der Waals surface area contributed by atoms with Crippen LogP contribution >= 0.6 is 11.6 Å². The Hall–Kier alpha value is -1.15. The van der Waals surface area contributed by atoms with Crippen molar-refractivity contribution in [1.29, 1.82) is 0 Å². The Bertz CT molecular complexity index is 651. The summed E-state index contributed by atoms with van der Waals surface area (Å²) in [6.07, 6.45) is 3.42. The number of sulfonamides is 1. The highest BCUT2D eigenvalue weighted by Gasteiger charge is 2.25. The van der Waals surface area contributed by atoms with Crippen LogP contribution in [0.5, 0.6) is 0 Å². The molecule has 1 aliphatic rings. The van der Waals surface area contributed by atoms with Gasteiger partial charge in [0.05, 0.1) is 4.90 Å². The highest BCUT2D eigenvalue weighted by molar-refractivity contribution is 7.89. The molecular formula is C15H22ClN3O3S. The first-order chi connectivity index (χ1) is 10.9. The summed E-state index contributed by atoms with van der Waals surface area (Å²) in [4.78, 5) is 11.9. The van der Waals surface area contributed by atoms with Gasteiger partial charge in [-0.2, -0.15) is 0 Å².